The maximum atomic E-state index is 13.3. The van der Waals surface area contributed by atoms with Crippen LogP contribution < -0.4 is 10.5 Å². The van der Waals surface area contributed by atoms with Crippen LogP contribution in [0, 0.1) is 5.82 Å². The smallest absolute Gasteiger partial charge is 0.146 e. The molecule has 2 N–H and O–H groups in total. The summed E-state index contributed by atoms with van der Waals surface area (Å²) in [6, 6.07) is 12.7. The Labute approximate surface area is 113 Å². The van der Waals surface area contributed by atoms with Crippen molar-refractivity contribution in [3.8, 4) is 5.75 Å². The van der Waals surface area contributed by atoms with Gasteiger partial charge in [0.15, 0.2) is 0 Å². The SMILES string of the molecule is CC(C)c1ccc(OCc2ccc(N)c(F)c2)cc1. The maximum absolute atomic E-state index is 13.3. The van der Waals surface area contributed by atoms with Gasteiger partial charge in [-0.1, -0.05) is 32.0 Å². The lowest BCUT2D eigenvalue weighted by Gasteiger charge is -2.09. The quantitative estimate of drug-likeness (QED) is 0.839. The molecular weight excluding hydrogens is 241 g/mol. The van der Waals surface area contributed by atoms with Crippen LogP contribution in [0.1, 0.15) is 30.9 Å². The van der Waals surface area contributed by atoms with E-state index < -0.39 is 5.82 Å². The first-order valence-corrected chi connectivity index (χ1v) is 6.33. The molecule has 19 heavy (non-hydrogen) atoms. The second kappa shape index (κ2) is 5.74. The molecule has 0 amide bonds. The van der Waals surface area contributed by atoms with E-state index >= 15 is 0 Å². The molecule has 0 saturated carbocycles. The summed E-state index contributed by atoms with van der Waals surface area (Å²) in [7, 11) is 0. The van der Waals surface area contributed by atoms with Gasteiger partial charge < -0.3 is 10.5 Å². The van der Waals surface area contributed by atoms with E-state index in [0.29, 0.717) is 12.5 Å². The standard InChI is InChI=1S/C16H18FNO/c1-11(2)13-4-6-14(7-5-13)19-10-12-3-8-16(18)15(17)9-12/h3-9,11H,10,18H2,1-2H3. The molecule has 0 aromatic heterocycles. The highest BCUT2D eigenvalue weighted by molar-refractivity contribution is 5.41. The summed E-state index contributed by atoms with van der Waals surface area (Å²) >= 11 is 0. The first-order chi connectivity index (χ1) is 9.06. The summed E-state index contributed by atoms with van der Waals surface area (Å²) in [5.74, 6) is 0.873. The molecule has 2 aromatic carbocycles. The van der Waals surface area contributed by atoms with Gasteiger partial charge in [0.1, 0.15) is 18.2 Å². The van der Waals surface area contributed by atoms with Gasteiger partial charge in [0.2, 0.25) is 0 Å². The zero-order valence-corrected chi connectivity index (χ0v) is 11.2. The van der Waals surface area contributed by atoms with E-state index in [0.717, 1.165) is 11.3 Å². The summed E-state index contributed by atoms with van der Waals surface area (Å²) in [4.78, 5) is 0. The number of nitrogens with two attached hydrogens (primary N) is 1. The third-order valence-electron chi connectivity index (χ3n) is 3.02. The van der Waals surface area contributed by atoms with E-state index in [-0.39, 0.29) is 5.69 Å². The predicted octanol–water partition coefficient (Wildman–Crippen LogP) is 4.11. The summed E-state index contributed by atoms with van der Waals surface area (Å²) in [5.41, 5.74) is 7.62. The van der Waals surface area contributed by atoms with Crippen molar-refractivity contribution in [3.05, 3.63) is 59.4 Å². The minimum absolute atomic E-state index is 0.157. The van der Waals surface area contributed by atoms with E-state index in [1.54, 1.807) is 12.1 Å². The van der Waals surface area contributed by atoms with Crippen LogP contribution in [0.4, 0.5) is 10.1 Å². The summed E-state index contributed by atoms with van der Waals surface area (Å²) in [5, 5.41) is 0. The second-order valence-electron chi connectivity index (χ2n) is 4.87. The molecule has 2 aromatic rings. The van der Waals surface area contributed by atoms with Crippen molar-refractivity contribution in [2.45, 2.75) is 26.4 Å². The largest absolute Gasteiger partial charge is 0.489 e. The minimum Gasteiger partial charge on any atom is -0.489 e. The summed E-state index contributed by atoms with van der Waals surface area (Å²) in [6.45, 7) is 4.62. The number of hydrogen-bond donors (Lipinski definition) is 1. The average Bonchev–Trinajstić information content (AvgIpc) is 2.40. The van der Waals surface area contributed by atoms with Crippen molar-refractivity contribution < 1.29 is 9.13 Å². The molecule has 0 unspecified atom stereocenters. The molecule has 0 saturated heterocycles. The van der Waals surface area contributed by atoms with Crippen molar-refractivity contribution in [1.29, 1.82) is 0 Å². The molecule has 0 radical (unpaired) electrons. The van der Waals surface area contributed by atoms with E-state index in [1.165, 1.54) is 11.6 Å². The molecule has 0 bridgehead atoms. The first-order valence-electron chi connectivity index (χ1n) is 6.33. The van der Waals surface area contributed by atoms with Gasteiger partial charge >= 0.3 is 0 Å². The molecule has 0 aliphatic heterocycles. The Balaban J connectivity index is 2.00. The van der Waals surface area contributed by atoms with Gasteiger partial charge in [-0.3, -0.25) is 0 Å². The number of ether oxygens (including phenoxy) is 1. The van der Waals surface area contributed by atoms with E-state index in [4.69, 9.17) is 10.5 Å². The van der Waals surface area contributed by atoms with E-state index in [2.05, 4.69) is 13.8 Å². The van der Waals surface area contributed by atoms with Gasteiger partial charge in [0.05, 0.1) is 5.69 Å². The highest BCUT2D eigenvalue weighted by Gasteiger charge is 2.02. The minimum atomic E-state index is -0.406. The molecule has 0 aliphatic carbocycles. The van der Waals surface area contributed by atoms with Gasteiger partial charge in [0, 0.05) is 0 Å². The lowest BCUT2D eigenvalue weighted by Crippen LogP contribution is -1.98. The Morgan fingerprint density at radius 2 is 1.79 bits per heavy atom. The third kappa shape index (κ3) is 3.47. The highest BCUT2D eigenvalue weighted by Crippen LogP contribution is 2.20. The Morgan fingerprint density at radius 1 is 1.11 bits per heavy atom. The van der Waals surface area contributed by atoms with Gasteiger partial charge in [-0.25, -0.2) is 4.39 Å². The molecular formula is C16H18FNO. The van der Waals surface area contributed by atoms with Crippen molar-refractivity contribution in [3.63, 3.8) is 0 Å². The maximum Gasteiger partial charge on any atom is 0.146 e. The number of anilines is 1. The molecule has 2 nitrogen and oxygen atoms in total. The molecule has 100 valence electrons. The average molecular weight is 259 g/mol. The third-order valence-corrected chi connectivity index (χ3v) is 3.02. The van der Waals surface area contributed by atoms with Crippen molar-refractivity contribution in [1.82, 2.24) is 0 Å². The number of benzene rings is 2. The van der Waals surface area contributed by atoms with Crippen molar-refractivity contribution in [2.24, 2.45) is 0 Å². The van der Waals surface area contributed by atoms with Crippen LogP contribution in [0.2, 0.25) is 0 Å². The Kier molecular flexibility index (Phi) is 4.05. The molecule has 3 heteroatoms. The first kappa shape index (κ1) is 13.4. The Morgan fingerprint density at radius 3 is 2.37 bits per heavy atom. The van der Waals surface area contributed by atoms with Crippen LogP contribution in [-0.4, -0.2) is 0 Å². The number of hydrogen-bond acceptors (Lipinski definition) is 2. The number of halogens is 1. The number of rotatable bonds is 4. The summed E-state index contributed by atoms with van der Waals surface area (Å²) in [6.07, 6.45) is 0. The molecule has 0 fully saturated rings. The fourth-order valence-electron chi connectivity index (χ4n) is 1.78. The molecule has 0 aliphatic rings. The van der Waals surface area contributed by atoms with Crippen LogP contribution in [0.15, 0.2) is 42.5 Å². The van der Waals surface area contributed by atoms with Gasteiger partial charge in [-0.2, -0.15) is 0 Å². The summed E-state index contributed by atoms with van der Waals surface area (Å²) < 4.78 is 18.9. The fraction of sp³-hybridized carbons (Fsp3) is 0.250. The highest BCUT2D eigenvalue weighted by atomic mass is 19.1. The molecule has 0 atom stereocenters. The second-order valence-corrected chi connectivity index (χ2v) is 4.87. The normalized spacial score (nSPS) is 10.7. The van der Waals surface area contributed by atoms with Crippen molar-refractivity contribution in [2.75, 3.05) is 5.73 Å². The molecule has 0 spiro atoms. The van der Waals surface area contributed by atoms with E-state index in [1.807, 2.05) is 24.3 Å². The van der Waals surface area contributed by atoms with Crippen LogP contribution in [0.25, 0.3) is 0 Å². The van der Waals surface area contributed by atoms with Gasteiger partial charge in [-0.15, -0.1) is 0 Å². The fourth-order valence-corrected chi connectivity index (χ4v) is 1.78. The van der Waals surface area contributed by atoms with Crippen LogP contribution in [-0.2, 0) is 6.61 Å². The van der Waals surface area contributed by atoms with E-state index in [9.17, 15) is 4.39 Å². The van der Waals surface area contributed by atoms with Gasteiger partial charge in [-0.05, 0) is 41.3 Å². The van der Waals surface area contributed by atoms with Crippen LogP contribution in [0.3, 0.4) is 0 Å². The Bertz CT molecular complexity index is 549. The van der Waals surface area contributed by atoms with Crippen LogP contribution >= 0.6 is 0 Å². The van der Waals surface area contributed by atoms with Crippen LogP contribution in [0.5, 0.6) is 5.75 Å². The molecule has 0 heterocycles. The monoisotopic (exact) mass is 259 g/mol. The zero-order valence-electron chi connectivity index (χ0n) is 11.2. The lowest BCUT2D eigenvalue weighted by atomic mass is 10.0. The van der Waals surface area contributed by atoms with Crippen molar-refractivity contribution >= 4 is 5.69 Å². The zero-order chi connectivity index (χ0) is 13.8. The number of nitrogen functional groups attached to an aromatic ring is 1. The lowest BCUT2D eigenvalue weighted by molar-refractivity contribution is 0.305. The molecule has 2 rings (SSSR count). The topological polar surface area (TPSA) is 35.2 Å². The predicted molar refractivity (Wildman–Crippen MR) is 75.7 cm³/mol. The van der Waals surface area contributed by atoms with Gasteiger partial charge in [0.25, 0.3) is 0 Å². The Hall–Kier alpha value is -2.03.